The van der Waals surface area contributed by atoms with Crippen LogP contribution in [0.5, 0.6) is 5.75 Å². The van der Waals surface area contributed by atoms with E-state index < -0.39 is 11.5 Å². The number of nitrogens with two attached hydrogens (primary N) is 1. The van der Waals surface area contributed by atoms with E-state index in [0.29, 0.717) is 22.3 Å². The van der Waals surface area contributed by atoms with Crippen LogP contribution in [0.15, 0.2) is 60.9 Å². The first-order chi connectivity index (χ1) is 11.6. The number of hydrogen-bond donors (Lipinski definition) is 1. The van der Waals surface area contributed by atoms with Crippen molar-refractivity contribution in [2.75, 3.05) is 0 Å². The minimum atomic E-state index is -0.601. The summed E-state index contributed by atoms with van der Waals surface area (Å²) >= 11 is 4.83. The number of para-hydroxylation sites is 1. The zero-order valence-corrected chi connectivity index (χ0v) is 14.5. The second-order valence-corrected chi connectivity index (χ2v) is 7.08. The fraction of sp³-hybridized carbons (Fsp3) is 0.0588. The summed E-state index contributed by atoms with van der Waals surface area (Å²) in [7, 11) is 0. The molecule has 3 heterocycles. The maximum atomic E-state index is 12.6. The molecule has 0 aliphatic carbocycles. The molecule has 1 aliphatic heterocycles. The van der Waals surface area contributed by atoms with Crippen LogP contribution in [-0.2, 0) is 0 Å². The van der Waals surface area contributed by atoms with Gasteiger partial charge in [0.25, 0.3) is 0 Å². The Balaban J connectivity index is 2.10. The summed E-state index contributed by atoms with van der Waals surface area (Å²) in [6.07, 6.45) is 0. The Kier molecular flexibility index (Phi) is 3.44. The molecule has 118 valence electrons. The smallest absolute Gasteiger partial charge is 0.344 e. The molecule has 0 fully saturated rings. The topological polar surface area (TPSA) is 89.3 Å². The van der Waals surface area contributed by atoms with E-state index in [1.807, 2.05) is 17.5 Å². The Labute approximate surface area is 148 Å². The van der Waals surface area contributed by atoms with Gasteiger partial charge in [-0.1, -0.05) is 12.1 Å². The lowest BCUT2D eigenvalue weighted by atomic mass is 9.88. The van der Waals surface area contributed by atoms with Gasteiger partial charge in [0, 0.05) is 14.7 Å². The van der Waals surface area contributed by atoms with E-state index >= 15 is 0 Å². The van der Waals surface area contributed by atoms with E-state index in [0.717, 1.165) is 9.35 Å². The number of nitriles is 1. The number of allylic oxidation sites excluding steroid dienone is 1. The molecule has 0 radical (unpaired) electrons. The number of halogens is 1. The predicted octanol–water partition coefficient (Wildman–Crippen LogP) is 3.84. The summed E-state index contributed by atoms with van der Waals surface area (Å²) in [6, 6.07) is 11.0. The number of thiophene rings is 1. The van der Waals surface area contributed by atoms with Crippen LogP contribution in [0, 0.1) is 11.3 Å². The molecule has 3 aromatic rings. The van der Waals surface area contributed by atoms with Gasteiger partial charge in [-0.2, -0.15) is 5.26 Å². The maximum Gasteiger partial charge on any atom is 0.344 e. The molecule has 5 nitrogen and oxygen atoms in total. The van der Waals surface area contributed by atoms with Crippen LogP contribution in [0.25, 0.3) is 11.0 Å². The van der Waals surface area contributed by atoms with Crippen molar-refractivity contribution in [3.8, 4) is 11.8 Å². The summed E-state index contributed by atoms with van der Waals surface area (Å²) in [4.78, 5) is 13.4. The summed E-state index contributed by atoms with van der Waals surface area (Å²) in [5, 5.41) is 12.1. The van der Waals surface area contributed by atoms with Crippen LogP contribution in [0.2, 0.25) is 0 Å². The fourth-order valence-electron chi connectivity index (χ4n) is 2.83. The SMILES string of the molecule is N#CC1=C(N)Oc2c(c(=O)oc3ccccc23)C1c1cc(Br)cs1. The monoisotopic (exact) mass is 400 g/mol. The summed E-state index contributed by atoms with van der Waals surface area (Å²) in [6.45, 7) is 0. The number of hydrogen-bond acceptors (Lipinski definition) is 6. The van der Waals surface area contributed by atoms with Crippen molar-refractivity contribution in [2.24, 2.45) is 5.73 Å². The lowest BCUT2D eigenvalue weighted by Gasteiger charge is -2.24. The molecule has 7 heteroatoms. The fourth-order valence-corrected chi connectivity index (χ4v) is 4.39. The van der Waals surface area contributed by atoms with E-state index in [4.69, 9.17) is 14.9 Å². The molecule has 0 bridgehead atoms. The van der Waals surface area contributed by atoms with Crippen molar-refractivity contribution in [3.05, 3.63) is 72.5 Å². The summed E-state index contributed by atoms with van der Waals surface area (Å²) in [5.41, 5.74) is 6.37. The van der Waals surface area contributed by atoms with Crippen LogP contribution >= 0.6 is 27.3 Å². The van der Waals surface area contributed by atoms with E-state index in [2.05, 4.69) is 22.0 Å². The minimum Gasteiger partial charge on any atom is -0.439 e. The van der Waals surface area contributed by atoms with Gasteiger partial charge >= 0.3 is 5.63 Å². The molecule has 0 spiro atoms. The molecule has 0 saturated carbocycles. The Morgan fingerprint density at radius 1 is 1.33 bits per heavy atom. The van der Waals surface area contributed by atoms with Gasteiger partial charge in [0.05, 0.1) is 16.9 Å². The standard InChI is InChI=1S/C17H9BrN2O3S/c18-8-5-12(24-7-8)13-10(6-19)16(20)23-15-9-3-1-2-4-11(9)22-17(21)14(13)15/h1-5,7,13H,20H2. The van der Waals surface area contributed by atoms with E-state index in [1.165, 1.54) is 11.3 Å². The average Bonchev–Trinajstić information content (AvgIpc) is 3.00. The molecule has 1 aliphatic rings. The van der Waals surface area contributed by atoms with Crippen LogP contribution in [0.4, 0.5) is 0 Å². The number of nitrogens with zero attached hydrogens (tertiary/aromatic N) is 1. The largest absolute Gasteiger partial charge is 0.439 e. The zero-order valence-electron chi connectivity index (χ0n) is 12.1. The molecular weight excluding hydrogens is 392 g/mol. The first-order valence-electron chi connectivity index (χ1n) is 6.97. The molecule has 24 heavy (non-hydrogen) atoms. The molecule has 1 aromatic carbocycles. The first kappa shape index (κ1) is 15.0. The van der Waals surface area contributed by atoms with Crippen molar-refractivity contribution in [3.63, 3.8) is 0 Å². The third kappa shape index (κ3) is 2.15. The average molecular weight is 401 g/mol. The molecule has 2 aromatic heterocycles. The van der Waals surface area contributed by atoms with E-state index in [1.54, 1.807) is 18.2 Å². The highest BCUT2D eigenvalue weighted by Gasteiger charge is 2.36. The van der Waals surface area contributed by atoms with Crippen molar-refractivity contribution >= 4 is 38.2 Å². The maximum absolute atomic E-state index is 12.6. The van der Waals surface area contributed by atoms with Gasteiger partial charge in [-0.15, -0.1) is 11.3 Å². The molecule has 1 unspecified atom stereocenters. The van der Waals surface area contributed by atoms with Gasteiger partial charge < -0.3 is 14.9 Å². The third-order valence-electron chi connectivity index (χ3n) is 3.85. The normalized spacial score (nSPS) is 16.6. The number of benzene rings is 1. The van der Waals surface area contributed by atoms with Gasteiger partial charge in [-0.3, -0.25) is 0 Å². The summed E-state index contributed by atoms with van der Waals surface area (Å²) in [5.74, 6) is -0.237. The second-order valence-electron chi connectivity index (χ2n) is 5.22. The Morgan fingerprint density at radius 3 is 2.83 bits per heavy atom. The van der Waals surface area contributed by atoms with Crippen LogP contribution < -0.4 is 16.1 Å². The Morgan fingerprint density at radius 2 is 2.12 bits per heavy atom. The van der Waals surface area contributed by atoms with Crippen molar-refractivity contribution < 1.29 is 9.15 Å². The molecule has 0 saturated heterocycles. The molecular formula is C17H9BrN2O3S. The van der Waals surface area contributed by atoms with Crippen LogP contribution in [0.1, 0.15) is 16.4 Å². The van der Waals surface area contributed by atoms with E-state index in [-0.39, 0.29) is 11.5 Å². The van der Waals surface area contributed by atoms with Crippen molar-refractivity contribution in [1.82, 2.24) is 0 Å². The highest BCUT2D eigenvalue weighted by molar-refractivity contribution is 9.10. The minimum absolute atomic E-state index is 0.00951. The number of fused-ring (bicyclic) bond motifs is 3. The van der Waals surface area contributed by atoms with Crippen molar-refractivity contribution in [1.29, 1.82) is 5.26 Å². The van der Waals surface area contributed by atoms with Gasteiger partial charge in [0.15, 0.2) is 5.75 Å². The molecule has 2 N–H and O–H groups in total. The highest BCUT2D eigenvalue weighted by Crippen LogP contribution is 2.45. The summed E-state index contributed by atoms with van der Waals surface area (Å²) < 4.78 is 12.0. The van der Waals surface area contributed by atoms with Gasteiger partial charge in [-0.25, -0.2) is 4.79 Å². The Bertz CT molecular complexity index is 1110. The lowest BCUT2D eigenvalue weighted by molar-refractivity contribution is 0.388. The lowest BCUT2D eigenvalue weighted by Crippen LogP contribution is -2.25. The third-order valence-corrected chi connectivity index (χ3v) is 5.60. The molecule has 4 rings (SSSR count). The van der Waals surface area contributed by atoms with Gasteiger partial charge in [-0.05, 0) is 34.1 Å². The van der Waals surface area contributed by atoms with Crippen molar-refractivity contribution in [2.45, 2.75) is 5.92 Å². The number of rotatable bonds is 1. The quantitative estimate of drug-likeness (QED) is 0.626. The Hall–Kier alpha value is -2.56. The van der Waals surface area contributed by atoms with E-state index in [9.17, 15) is 10.1 Å². The van der Waals surface area contributed by atoms with Crippen LogP contribution in [-0.4, -0.2) is 0 Å². The molecule has 0 amide bonds. The van der Waals surface area contributed by atoms with Crippen LogP contribution in [0.3, 0.4) is 0 Å². The van der Waals surface area contributed by atoms with Gasteiger partial charge in [0.1, 0.15) is 17.2 Å². The zero-order chi connectivity index (χ0) is 16.8. The molecule has 1 atom stereocenters. The predicted molar refractivity (Wildman–Crippen MR) is 93.8 cm³/mol. The van der Waals surface area contributed by atoms with Gasteiger partial charge in [0.2, 0.25) is 5.88 Å². The first-order valence-corrected chi connectivity index (χ1v) is 8.64. The number of ether oxygens (including phenoxy) is 1. The second kappa shape index (κ2) is 5.51. The highest BCUT2D eigenvalue weighted by atomic mass is 79.9.